The average Bonchev–Trinajstić information content (AvgIpc) is 2.77. The van der Waals surface area contributed by atoms with Crippen LogP contribution >= 0.6 is 15.9 Å². The number of nitrogens with zero attached hydrogens (tertiary/aromatic N) is 2. The minimum absolute atomic E-state index is 0.579. The summed E-state index contributed by atoms with van der Waals surface area (Å²) in [4.78, 5) is 4.27. The first-order valence-corrected chi connectivity index (χ1v) is 6.90. The van der Waals surface area contributed by atoms with E-state index in [9.17, 15) is 0 Å². The summed E-state index contributed by atoms with van der Waals surface area (Å²) in [5.74, 6) is 0.579. The topological polar surface area (TPSA) is 29.9 Å². The highest BCUT2D eigenvalue weighted by Crippen LogP contribution is 2.23. The summed E-state index contributed by atoms with van der Waals surface area (Å²) in [6, 6.07) is 8.32. The molecule has 96 valence electrons. The second-order valence-corrected chi connectivity index (χ2v) is 5.52. The van der Waals surface area contributed by atoms with Crippen LogP contribution in [0.25, 0.3) is 11.3 Å². The van der Waals surface area contributed by atoms with Crippen LogP contribution in [-0.4, -0.2) is 23.1 Å². The SMILES string of the molecule is CNCC(C)Cn1cncc1-c1cccc(Br)c1. The summed E-state index contributed by atoms with van der Waals surface area (Å²) in [6.45, 7) is 4.22. The van der Waals surface area contributed by atoms with Gasteiger partial charge in [0, 0.05) is 16.6 Å². The van der Waals surface area contributed by atoms with Crippen LogP contribution < -0.4 is 5.32 Å². The molecule has 2 rings (SSSR count). The Morgan fingerprint density at radius 3 is 3.00 bits per heavy atom. The summed E-state index contributed by atoms with van der Waals surface area (Å²) in [5, 5.41) is 3.21. The molecule has 0 radical (unpaired) electrons. The van der Waals surface area contributed by atoms with Crippen molar-refractivity contribution in [3.05, 3.63) is 41.3 Å². The fraction of sp³-hybridized carbons (Fsp3) is 0.357. The van der Waals surface area contributed by atoms with Crippen molar-refractivity contribution in [2.45, 2.75) is 13.5 Å². The van der Waals surface area contributed by atoms with Crippen molar-refractivity contribution in [2.75, 3.05) is 13.6 Å². The van der Waals surface area contributed by atoms with Gasteiger partial charge in [0.25, 0.3) is 0 Å². The fourth-order valence-electron chi connectivity index (χ4n) is 2.10. The van der Waals surface area contributed by atoms with E-state index in [0.717, 1.165) is 17.6 Å². The van der Waals surface area contributed by atoms with E-state index in [0.29, 0.717) is 5.92 Å². The summed E-state index contributed by atoms with van der Waals surface area (Å²) in [5.41, 5.74) is 2.36. The minimum Gasteiger partial charge on any atom is -0.330 e. The number of imidazole rings is 1. The smallest absolute Gasteiger partial charge is 0.0951 e. The number of benzene rings is 1. The molecule has 0 aliphatic carbocycles. The highest BCUT2D eigenvalue weighted by Gasteiger charge is 2.08. The molecule has 1 unspecified atom stereocenters. The van der Waals surface area contributed by atoms with Crippen molar-refractivity contribution in [3.8, 4) is 11.3 Å². The molecule has 0 amide bonds. The van der Waals surface area contributed by atoms with Crippen LogP contribution in [0, 0.1) is 5.92 Å². The number of halogens is 1. The molecule has 0 bridgehead atoms. The van der Waals surface area contributed by atoms with Crippen molar-refractivity contribution >= 4 is 15.9 Å². The van der Waals surface area contributed by atoms with Crippen molar-refractivity contribution in [1.82, 2.24) is 14.9 Å². The van der Waals surface area contributed by atoms with Gasteiger partial charge >= 0.3 is 0 Å². The van der Waals surface area contributed by atoms with E-state index in [1.807, 2.05) is 31.7 Å². The fourth-order valence-corrected chi connectivity index (χ4v) is 2.50. The second kappa shape index (κ2) is 6.16. The Labute approximate surface area is 116 Å². The van der Waals surface area contributed by atoms with Crippen molar-refractivity contribution in [3.63, 3.8) is 0 Å². The van der Waals surface area contributed by atoms with Crippen LogP contribution in [0.1, 0.15) is 6.92 Å². The average molecular weight is 308 g/mol. The van der Waals surface area contributed by atoms with Crippen LogP contribution in [0.2, 0.25) is 0 Å². The normalized spacial score (nSPS) is 12.6. The van der Waals surface area contributed by atoms with Gasteiger partial charge in [-0.25, -0.2) is 4.98 Å². The Kier molecular flexibility index (Phi) is 4.55. The number of rotatable bonds is 5. The van der Waals surface area contributed by atoms with Gasteiger partial charge in [0.15, 0.2) is 0 Å². The first-order valence-electron chi connectivity index (χ1n) is 6.11. The molecule has 0 fully saturated rings. The molecule has 0 spiro atoms. The Morgan fingerprint density at radius 2 is 2.28 bits per heavy atom. The van der Waals surface area contributed by atoms with Gasteiger partial charge in [0.05, 0.1) is 18.2 Å². The summed E-state index contributed by atoms with van der Waals surface area (Å²) in [7, 11) is 1.99. The van der Waals surface area contributed by atoms with Gasteiger partial charge in [-0.15, -0.1) is 0 Å². The molecule has 0 aliphatic rings. The summed E-state index contributed by atoms with van der Waals surface area (Å²) in [6.07, 6.45) is 3.83. The van der Waals surface area contributed by atoms with Crippen LogP contribution in [0.3, 0.4) is 0 Å². The van der Waals surface area contributed by atoms with E-state index in [-0.39, 0.29) is 0 Å². The summed E-state index contributed by atoms with van der Waals surface area (Å²) >= 11 is 3.51. The van der Waals surface area contributed by atoms with E-state index in [4.69, 9.17) is 0 Å². The zero-order valence-corrected chi connectivity index (χ0v) is 12.3. The molecule has 1 aromatic heterocycles. The van der Waals surface area contributed by atoms with Crippen LogP contribution in [0.4, 0.5) is 0 Å². The van der Waals surface area contributed by atoms with E-state index < -0.39 is 0 Å². The molecule has 1 atom stereocenters. The molecule has 0 saturated carbocycles. The third kappa shape index (κ3) is 3.21. The lowest BCUT2D eigenvalue weighted by atomic mass is 10.1. The van der Waals surface area contributed by atoms with E-state index in [1.54, 1.807) is 0 Å². The lowest BCUT2D eigenvalue weighted by molar-refractivity contribution is 0.464. The van der Waals surface area contributed by atoms with E-state index in [1.165, 1.54) is 11.3 Å². The Balaban J connectivity index is 2.22. The maximum atomic E-state index is 4.27. The molecule has 18 heavy (non-hydrogen) atoms. The zero-order chi connectivity index (χ0) is 13.0. The lowest BCUT2D eigenvalue weighted by Gasteiger charge is -2.14. The van der Waals surface area contributed by atoms with Gasteiger partial charge in [-0.05, 0) is 31.6 Å². The molecule has 4 heteroatoms. The Morgan fingerprint density at radius 1 is 1.44 bits per heavy atom. The van der Waals surface area contributed by atoms with Gasteiger partial charge in [0.1, 0.15) is 0 Å². The Hall–Kier alpha value is -1.13. The largest absolute Gasteiger partial charge is 0.330 e. The number of aromatic nitrogens is 2. The van der Waals surface area contributed by atoms with Gasteiger partial charge in [-0.1, -0.05) is 35.0 Å². The number of hydrogen-bond donors (Lipinski definition) is 1. The molecule has 3 nitrogen and oxygen atoms in total. The molecule has 2 aromatic rings. The van der Waals surface area contributed by atoms with Crippen molar-refractivity contribution in [1.29, 1.82) is 0 Å². The van der Waals surface area contributed by atoms with Gasteiger partial charge in [-0.2, -0.15) is 0 Å². The van der Waals surface area contributed by atoms with Gasteiger partial charge < -0.3 is 9.88 Å². The molecular formula is C14H18BrN3. The standard InChI is InChI=1S/C14H18BrN3/c1-11(7-16-2)9-18-10-17-8-14(18)12-4-3-5-13(15)6-12/h3-6,8,10-11,16H,7,9H2,1-2H3. The molecule has 0 saturated heterocycles. The molecule has 0 aliphatic heterocycles. The van der Waals surface area contributed by atoms with Crippen LogP contribution in [-0.2, 0) is 6.54 Å². The zero-order valence-electron chi connectivity index (χ0n) is 10.7. The maximum absolute atomic E-state index is 4.27. The van der Waals surface area contributed by atoms with Crippen molar-refractivity contribution in [2.24, 2.45) is 5.92 Å². The highest BCUT2D eigenvalue weighted by atomic mass is 79.9. The van der Waals surface area contributed by atoms with Crippen LogP contribution in [0.15, 0.2) is 41.3 Å². The first kappa shape index (κ1) is 13.3. The quantitative estimate of drug-likeness (QED) is 0.919. The van der Waals surface area contributed by atoms with Gasteiger partial charge in [-0.3, -0.25) is 0 Å². The molecule has 1 N–H and O–H groups in total. The number of nitrogens with one attached hydrogen (secondary N) is 1. The minimum atomic E-state index is 0.579. The molecule has 1 aromatic carbocycles. The third-order valence-corrected chi connectivity index (χ3v) is 3.39. The molecule has 1 heterocycles. The van der Waals surface area contributed by atoms with Crippen molar-refractivity contribution < 1.29 is 0 Å². The predicted octanol–water partition coefficient (Wildman–Crippen LogP) is 3.17. The Bertz CT molecular complexity index is 507. The van der Waals surface area contributed by atoms with E-state index >= 15 is 0 Å². The van der Waals surface area contributed by atoms with E-state index in [2.05, 4.69) is 49.9 Å². The first-order chi connectivity index (χ1) is 8.70. The highest BCUT2D eigenvalue weighted by molar-refractivity contribution is 9.10. The van der Waals surface area contributed by atoms with Crippen LogP contribution in [0.5, 0.6) is 0 Å². The monoisotopic (exact) mass is 307 g/mol. The third-order valence-electron chi connectivity index (χ3n) is 2.89. The second-order valence-electron chi connectivity index (χ2n) is 4.60. The lowest BCUT2D eigenvalue weighted by Crippen LogP contribution is -2.20. The predicted molar refractivity (Wildman–Crippen MR) is 78.5 cm³/mol. The number of hydrogen-bond acceptors (Lipinski definition) is 2. The summed E-state index contributed by atoms with van der Waals surface area (Å²) < 4.78 is 3.31. The van der Waals surface area contributed by atoms with Gasteiger partial charge in [0.2, 0.25) is 0 Å². The maximum Gasteiger partial charge on any atom is 0.0951 e. The molecular weight excluding hydrogens is 290 g/mol.